The van der Waals surface area contributed by atoms with Crippen LogP contribution >= 0.6 is 0 Å². The zero-order valence-corrected chi connectivity index (χ0v) is 12.8. The summed E-state index contributed by atoms with van der Waals surface area (Å²) in [7, 11) is 0. The third-order valence-electron chi connectivity index (χ3n) is 3.68. The highest BCUT2D eigenvalue weighted by molar-refractivity contribution is 5.91. The maximum Gasteiger partial charge on any atom is 0.307 e. The van der Waals surface area contributed by atoms with Gasteiger partial charge in [0.05, 0.1) is 11.9 Å². The predicted molar refractivity (Wildman–Crippen MR) is 90.0 cm³/mol. The number of hydrogen-bond acceptors (Lipinski definition) is 4. The fourth-order valence-electron chi connectivity index (χ4n) is 2.44. The van der Waals surface area contributed by atoms with Gasteiger partial charge in [-0.2, -0.15) is 0 Å². The molecule has 5 heteroatoms. The fourth-order valence-corrected chi connectivity index (χ4v) is 2.44. The minimum Gasteiger partial charge on any atom is -0.481 e. The summed E-state index contributed by atoms with van der Waals surface area (Å²) in [5.41, 5.74) is 3.75. The molecule has 0 saturated carbocycles. The zero-order valence-electron chi connectivity index (χ0n) is 12.8. The van der Waals surface area contributed by atoms with Crippen LogP contribution in [-0.2, 0) is 17.6 Å². The van der Waals surface area contributed by atoms with Gasteiger partial charge in [0.15, 0.2) is 0 Å². The van der Waals surface area contributed by atoms with Crippen molar-refractivity contribution >= 4 is 28.4 Å². The van der Waals surface area contributed by atoms with E-state index in [1.165, 1.54) is 11.9 Å². The highest BCUT2D eigenvalue weighted by Gasteiger charge is 2.06. The Hall–Kier alpha value is -2.95. The van der Waals surface area contributed by atoms with Crippen molar-refractivity contribution in [2.75, 3.05) is 5.32 Å². The van der Waals surface area contributed by atoms with Gasteiger partial charge in [0.2, 0.25) is 0 Å². The molecule has 0 bridgehead atoms. The van der Waals surface area contributed by atoms with E-state index < -0.39 is 5.97 Å². The lowest BCUT2D eigenvalue weighted by Crippen LogP contribution is -2.00. The topological polar surface area (TPSA) is 75.1 Å². The maximum absolute atomic E-state index is 10.7. The normalized spacial score (nSPS) is 10.7. The molecule has 0 amide bonds. The standard InChI is InChI=1S/C18H17N3O2/c1-2-12-5-8-16-15(9-12)18(20-11-19-16)21-14-6-3-13(4-7-14)10-17(22)23/h3-9,11H,2,10H2,1H3,(H,22,23)(H,19,20,21). The molecule has 3 aromatic rings. The van der Waals surface area contributed by atoms with E-state index in [1.807, 2.05) is 18.2 Å². The van der Waals surface area contributed by atoms with E-state index in [9.17, 15) is 4.79 Å². The number of nitrogens with one attached hydrogen (secondary N) is 1. The number of fused-ring (bicyclic) bond motifs is 1. The highest BCUT2D eigenvalue weighted by atomic mass is 16.4. The lowest BCUT2D eigenvalue weighted by molar-refractivity contribution is -0.136. The summed E-state index contributed by atoms with van der Waals surface area (Å²) in [6.45, 7) is 2.11. The summed E-state index contributed by atoms with van der Waals surface area (Å²) >= 11 is 0. The van der Waals surface area contributed by atoms with Crippen molar-refractivity contribution < 1.29 is 9.90 Å². The van der Waals surface area contributed by atoms with Crippen molar-refractivity contribution in [3.8, 4) is 0 Å². The average molecular weight is 307 g/mol. The third kappa shape index (κ3) is 3.45. The molecule has 5 nitrogen and oxygen atoms in total. The van der Waals surface area contributed by atoms with Gasteiger partial charge in [-0.3, -0.25) is 4.79 Å². The Morgan fingerprint density at radius 2 is 1.83 bits per heavy atom. The Bertz CT molecular complexity index is 845. The van der Waals surface area contributed by atoms with E-state index in [0.717, 1.165) is 34.4 Å². The van der Waals surface area contributed by atoms with Crippen LogP contribution in [0.3, 0.4) is 0 Å². The zero-order chi connectivity index (χ0) is 16.2. The number of aryl methyl sites for hydroxylation is 1. The number of benzene rings is 2. The second-order valence-electron chi connectivity index (χ2n) is 5.32. The van der Waals surface area contributed by atoms with Crippen molar-refractivity contribution in [3.63, 3.8) is 0 Å². The molecule has 0 aliphatic carbocycles. The molecule has 0 unspecified atom stereocenters. The number of carboxylic acid groups (broad SMARTS) is 1. The summed E-state index contributed by atoms with van der Waals surface area (Å²) in [6, 6.07) is 13.5. The molecule has 0 saturated heterocycles. The minimum atomic E-state index is -0.834. The molecular formula is C18H17N3O2. The van der Waals surface area contributed by atoms with Crippen molar-refractivity contribution in [2.45, 2.75) is 19.8 Å². The van der Waals surface area contributed by atoms with Crippen LogP contribution in [0.15, 0.2) is 48.8 Å². The molecule has 0 spiro atoms. The van der Waals surface area contributed by atoms with Gasteiger partial charge < -0.3 is 10.4 Å². The van der Waals surface area contributed by atoms with Crippen LogP contribution in [0.1, 0.15) is 18.1 Å². The largest absolute Gasteiger partial charge is 0.481 e. The Balaban J connectivity index is 1.90. The molecule has 23 heavy (non-hydrogen) atoms. The number of carbonyl (C=O) groups is 1. The second-order valence-corrected chi connectivity index (χ2v) is 5.32. The van der Waals surface area contributed by atoms with Crippen LogP contribution in [0.2, 0.25) is 0 Å². The molecule has 0 radical (unpaired) electrons. The molecule has 116 valence electrons. The number of hydrogen-bond donors (Lipinski definition) is 2. The van der Waals surface area contributed by atoms with Crippen molar-refractivity contribution in [1.82, 2.24) is 9.97 Å². The van der Waals surface area contributed by atoms with Crippen molar-refractivity contribution in [3.05, 3.63) is 59.9 Å². The van der Waals surface area contributed by atoms with E-state index in [2.05, 4.69) is 34.3 Å². The summed E-state index contributed by atoms with van der Waals surface area (Å²) in [6.07, 6.45) is 2.51. The van der Waals surface area contributed by atoms with Gasteiger partial charge in [0.1, 0.15) is 12.1 Å². The molecule has 1 aromatic heterocycles. The van der Waals surface area contributed by atoms with Gasteiger partial charge >= 0.3 is 5.97 Å². The molecule has 2 N–H and O–H groups in total. The van der Waals surface area contributed by atoms with Crippen molar-refractivity contribution in [1.29, 1.82) is 0 Å². The number of aromatic nitrogens is 2. The van der Waals surface area contributed by atoms with Gasteiger partial charge in [-0.15, -0.1) is 0 Å². The summed E-state index contributed by atoms with van der Waals surface area (Å²) in [5.74, 6) is -0.0871. The Kier molecular flexibility index (Phi) is 4.19. The highest BCUT2D eigenvalue weighted by Crippen LogP contribution is 2.24. The molecule has 0 aliphatic rings. The lowest BCUT2D eigenvalue weighted by atomic mass is 10.1. The fraction of sp³-hybridized carbons (Fsp3) is 0.167. The molecule has 1 heterocycles. The molecule has 0 atom stereocenters. The summed E-state index contributed by atoms with van der Waals surface area (Å²) in [4.78, 5) is 19.3. The van der Waals surface area contributed by atoms with E-state index in [0.29, 0.717) is 0 Å². The minimum absolute atomic E-state index is 0.0244. The first kappa shape index (κ1) is 15.0. The Morgan fingerprint density at radius 3 is 2.52 bits per heavy atom. The van der Waals surface area contributed by atoms with Crippen LogP contribution in [0, 0.1) is 0 Å². The average Bonchev–Trinajstić information content (AvgIpc) is 2.56. The SMILES string of the molecule is CCc1ccc2ncnc(Nc3ccc(CC(=O)O)cc3)c2c1. The van der Waals surface area contributed by atoms with Crippen LogP contribution < -0.4 is 5.32 Å². The van der Waals surface area contributed by atoms with Crippen LogP contribution in [0.25, 0.3) is 10.9 Å². The Labute approximate surface area is 134 Å². The smallest absolute Gasteiger partial charge is 0.307 e. The first-order valence-corrected chi connectivity index (χ1v) is 7.47. The van der Waals surface area contributed by atoms with Gasteiger partial charge in [0, 0.05) is 11.1 Å². The lowest BCUT2D eigenvalue weighted by Gasteiger charge is -2.09. The maximum atomic E-state index is 10.7. The van der Waals surface area contributed by atoms with Crippen LogP contribution in [-0.4, -0.2) is 21.0 Å². The monoisotopic (exact) mass is 307 g/mol. The van der Waals surface area contributed by atoms with Crippen molar-refractivity contribution in [2.24, 2.45) is 0 Å². The summed E-state index contributed by atoms with van der Waals surface area (Å²) < 4.78 is 0. The van der Waals surface area contributed by atoms with Crippen LogP contribution in [0.4, 0.5) is 11.5 Å². The third-order valence-corrected chi connectivity index (χ3v) is 3.68. The van der Waals surface area contributed by atoms with Gasteiger partial charge in [-0.25, -0.2) is 9.97 Å². The number of rotatable bonds is 5. The van der Waals surface area contributed by atoms with Gasteiger partial charge in [-0.1, -0.05) is 25.1 Å². The Morgan fingerprint density at radius 1 is 1.09 bits per heavy atom. The molecular weight excluding hydrogens is 290 g/mol. The first-order valence-electron chi connectivity index (χ1n) is 7.47. The second kappa shape index (κ2) is 6.44. The quantitative estimate of drug-likeness (QED) is 0.754. The van der Waals surface area contributed by atoms with E-state index in [-0.39, 0.29) is 6.42 Å². The van der Waals surface area contributed by atoms with E-state index in [1.54, 1.807) is 12.1 Å². The molecule has 3 rings (SSSR count). The number of carboxylic acids is 1. The first-order chi connectivity index (χ1) is 11.2. The van der Waals surface area contributed by atoms with Crippen LogP contribution in [0.5, 0.6) is 0 Å². The number of aliphatic carboxylic acids is 1. The van der Waals surface area contributed by atoms with E-state index >= 15 is 0 Å². The molecule has 2 aromatic carbocycles. The number of anilines is 2. The molecule has 0 fully saturated rings. The van der Waals surface area contributed by atoms with Gasteiger partial charge in [0.25, 0.3) is 0 Å². The van der Waals surface area contributed by atoms with E-state index in [4.69, 9.17) is 5.11 Å². The summed E-state index contributed by atoms with van der Waals surface area (Å²) in [5, 5.41) is 13.1. The van der Waals surface area contributed by atoms with Gasteiger partial charge in [-0.05, 0) is 41.8 Å². The predicted octanol–water partition coefficient (Wildman–Crippen LogP) is 3.56. The molecule has 0 aliphatic heterocycles. The number of nitrogens with zero attached hydrogens (tertiary/aromatic N) is 2.